The van der Waals surface area contributed by atoms with Crippen molar-refractivity contribution in [3.05, 3.63) is 47.8 Å². The quantitative estimate of drug-likeness (QED) is 0.917. The third-order valence-corrected chi connectivity index (χ3v) is 4.32. The van der Waals surface area contributed by atoms with Crippen LogP contribution in [0, 0.1) is 5.92 Å². The lowest BCUT2D eigenvalue weighted by Gasteiger charge is -2.17. The van der Waals surface area contributed by atoms with Crippen LogP contribution in [-0.4, -0.2) is 21.7 Å². The second-order valence-electron chi connectivity index (χ2n) is 6.48. The fraction of sp³-hybridized carbons (Fsp3) is 0.444. The van der Waals surface area contributed by atoms with Crippen LogP contribution >= 0.6 is 0 Å². The molecule has 0 spiro atoms. The van der Waals surface area contributed by atoms with Gasteiger partial charge < -0.3 is 5.32 Å². The summed E-state index contributed by atoms with van der Waals surface area (Å²) in [6, 6.07) is 11.9. The number of carbonyl (C=O) groups is 1. The van der Waals surface area contributed by atoms with Gasteiger partial charge in [-0.25, -0.2) is 4.68 Å². The van der Waals surface area contributed by atoms with Gasteiger partial charge in [-0.2, -0.15) is 5.10 Å². The Morgan fingerprint density at radius 1 is 1.23 bits per heavy atom. The number of carbonyl (C=O) groups excluding carboxylic acids is 1. The average molecular weight is 297 g/mol. The Bertz CT molecular complexity index is 656. The molecule has 0 bridgehead atoms. The smallest absolute Gasteiger partial charge is 0.270 e. The molecule has 2 aromatic rings. The second kappa shape index (κ2) is 5.95. The molecule has 1 saturated carbocycles. The van der Waals surface area contributed by atoms with Crippen LogP contribution in [-0.2, 0) is 0 Å². The zero-order chi connectivity index (χ0) is 15.7. The molecule has 1 aromatic carbocycles. The van der Waals surface area contributed by atoms with E-state index in [4.69, 9.17) is 0 Å². The van der Waals surface area contributed by atoms with Crippen molar-refractivity contribution in [1.82, 2.24) is 15.1 Å². The molecular formula is C18H23N3O. The van der Waals surface area contributed by atoms with Gasteiger partial charge in [-0.3, -0.25) is 4.79 Å². The van der Waals surface area contributed by atoms with Crippen molar-refractivity contribution in [3.8, 4) is 5.69 Å². The molecule has 116 valence electrons. The molecule has 1 fully saturated rings. The van der Waals surface area contributed by atoms with Crippen LogP contribution in [0.3, 0.4) is 0 Å². The molecule has 1 atom stereocenters. The fourth-order valence-corrected chi connectivity index (χ4v) is 2.35. The number of hydrogen-bond donors (Lipinski definition) is 1. The van der Waals surface area contributed by atoms with E-state index in [2.05, 4.69) is 24.3 Å². The first-order valence-corrected chi connectivity index (χ1v) is 8.02. The predicted molar refractivity (Wildman–Crippen MR) is 87.3 cm³/mol. The van der Waals surface area contributed by atoms with Crippen molar-refractivity contribution in [2.75, 3.05) is 0 Å². The Hall–Kier alpha value is -2.10. The van der Waals surface area contributed by atoms with Gasteiger partial charge in [-0.1, -0.05) is 32.0 Å². The largest absolute Gasteiger partial charge is 0.348 e. The average Bonchev–Trinajstić information content (AvgIpc) is 3.26. The Labute approximate surface area is 131 Å². The highest BCUT2D eigenvalue weighted by Gasteiger charge is 2.29. The predicted octanol–water partition coefficient (Wildman–Crippen LogP) is 3.52. The molecule has 1 heterocycles. The van der Waals surface area contributed by atoms with Crippen molar-refractivity contribution < 1.29 is 4.79 Å². The van der Waals surface area contributed by atoms with Crippen LogP contribution in [0.5, 0.6) is 0 Å². The molecule has 4 nitrogen and oxygen atoms in total. The molecule has 4 heteroatoms. The van der Waals surface area contributed by atoms with E-state index in [0.717, 1.165) is 11.4 Å². The van der Waals surface area contributed by atoms with Gasteiger partial charge >= 0.3 is 0 Å². The number of hydrogen-bond acceptors (Lipinski definition) is 2. The molecule has 1 aromatic heterocycles. The summed E-state index contributed by atoms with van der Waals surface area (Å²) < 4.78 is 1.77. The van der Waals surface area contributed by atoms with E-state index in [-0.39, 0.29) is 11.9 Å². The highest BCUT2D eigenvalue weighted by Crippen LogP contribution is 2.39. The number of para-hydroxylation sites is 1. The molecule has 0 aliphatic heterocycles. The van der Waals surface area contributed by atoms with Gasteiger partial charge in [0.25, 0.3) is 5.91 Å². The van der Waals surface area contributed by atoms with Crippen LogP contribution in [0.4, 0.5) is 0 Å². The minimum Gasteiger partial charge on any atom is -0.348 e. The van der Waals surface area contributed by atoms with E-state index in [9.17, 15) is 4.79 Å². The maximum absolute atomic E-state index is 12.6. The molecular weight excluding hydrogens is 274 g/mol. The lowest BCUT2D eigenvalue weighted by Crippen LogP contribution is -2.37. The number of benzene rings is 1. The second-order valence-corrected chi connectivity index (χ2v) is 6.48. The zero-order valence-corrected chi connectivity index (χ0v) is 13.4. The van der Waals surface area contributed by atoms with Gasteiger partial charge in [0.1, 0.15) is 5.69 Å². The fourth-order valence-electron chi connectivity index (χ4n) is 2.35. The highest BCUT2D eigenvalue weighted by molar-refractivity contribution is 5.93. The molecule has 3 rings (SSSR count). The first-order valence-electron chi connectivity index (χ1n) is 8.02. The van der Waals surface area contributed by atoms with Crippen molar-refractivity contribution in [2.45, 2.75) is 45.6 Å². The third-order valence-electron chi connectivity index (χ3n) is 4.32. The van der Waals surface area contributed by atoms with Crippen molar-refractivity contribution in [2.24, 2.45) is 5.92 Å². The summed E-state index contributed by atoms with van der Waals surface area (Å²) in [7, 11) is 0. The minimum atomic E-state index is -0.0514. The summed E-state index contributed by atoms with van der Waals surface area (Å²) >= 11 is 0. The maximum Gasteiger partial charge on any atom is 0.270 e. The number of rotatable bonds is 5. The van der Waals surface area contributed by atoms with Crippen LogP contribution in [0.25, 0.3) is 5.69 Å². The van der Waals surface area contributed by atoms with Crippen LogP contribution in [0.1, 0.15) is 55.7 Å². The number of nitrogens with zero attached hydrogens (tertiary/aromatic N) is 2. The van der Waals surface area contributed by atoms with Crippen LogP contribution in [0.2, 0.25) is 0 Å². The summed E-state index contributed by atoms with van der Waals surface area (Å²) in [5.41, 5.74) is 2.59. The molecule has 1 aliphatic rings. The Morgan fingerprint density at radius 3 is 2.50 bits per heavy atom. The summed E-state index contributed by atoms with van der Waals surface area (Å²) in [5.74, 6) is 0.878. The van der Waals surface area contributed by atoms with Gasteiger partial charge in [0, 0.05) is 12.0 Å². The molecule has 1 unspecified atom stereocenters. The third kappa shape index (κ3) is 3.06. The van der Waals surface area contributed by atoms with E-state index < -0.39 is 0 Å². The Morgan fingerprint density at radius 2 is 1.91 bits per heavy atom. The first kappa shape index (κ1) is 14.8. The SMILES string of the molecule is CC(C)C(C)NC(=O)c1cc(C2CC2)nn1-c1ccccc1. The van der Waals surface area contributed by atoms with E-state index in [0.29, 0.717) is 17.5 Å². The molecule has 0 saturated heterocycles. The summed E-state index contributed by atoms with van der Waals surface area (Å²) in [4.78, 5) is 12.6. The summed E-state index contributed by atoms with van der Waals surface area (Å²) in [5, 5.41) is 7.75. The van der Waals surface area contributed by atoms with Gasteiger partial charge in [-0.15, -0.1) is 0 Å². The minimum absolute atomic E-state index is 0.0514. The van der Waals surface area contributed by atoms with E-state index in [1.807, 2.05) is 43.3 Å². The van der Waals surface area contributed by atoms with Gasteiger partial charge in [-0.05, 0) is 43.9 Å². The van der Waals surface area contributed by atoms with Gasteiger partial charge in [0.15, 0.2) is 0 Å². The number of nitrogens with one attached hydrogen (secondary N) is 1. The van der Waals surface area contributed by atoms with Gasteiger partial charge in [0.05, 0.1) is 11.4 Å². The molecule has 1 amide bonds. The van der Waals surface area contributed by atoms with Crippen molar-refractivity contribution in [3.63, 3.8) is 0 Å². The summed E-state index contributed by atoms with van der Waals surface area (Å²) in [6.45, 7) is 6.25. The molecule has 0 radical (unpaired) electrons. The molecule has 22 heavy (non-hydrogen) atoms. The first-order chi connectivity index (χ1) is 10.6. The van der Waals surface area contributed by atoms with E-state index in [1.165, 1.54) is 12.8 Å². The van der Waals surface area contributed by atoms with Crippen LogP contribution in [0.15, 0.2) is 36.4 Å². The lowest BCUT2D eigenvalue weighted by atomic mass is 10.1. The highest BCUT2D eigenvalue weighted by atomic mass is 16.2. The van der Waals surface area contributed by atoms with E-state index >= 15 is 0 Å². The standard InChI is InChI=1S/C18H23N3O/c1-12(2)13(3)19-18(22)17-11-16(14-9-10-14)20-21(17)15-7-5-4-6-8-15/h4-8,11-14H,9-10H2,1-3H3,(H,19,22). The van der Waals surface area contributed by atoms with Crippen molar-refractivity contribution in [1.29, 1.82) is 0 Å². The van der Waals surface area contributed by atoms with Crippen LogP contribution < -0.4 is 5.32 Å². The zero-order valence-electron chi connectivity index (χ0n) is 13.4. The van der Waals surface area contributed by atoms with E-state index in [1.54, 1.807) is 4.68 Å². The summed E-state index contributed by atoms with van der Waals surface area (Å²) in [6.07, 6.45) is 2.35. The topological polar surface area (TPSA) is 46.9 Å². The Balaban J connectivity index is 1.93. The monoisotopic (exact) mass is 297 g/mol. The van der Waals surface area contributed by atoms with Crippen molar-refractivity contribution >= 4 is 5.91 Å². The molecule has 1 N–H and O–H groups in total. The maximum atomic E-state index is 12.6. The lowest BCUT2D eigenvalue weighted by molar-refractivity contribution is 0.0922. The number of amides is 1. The number of aromatic nitrogens is 2. The Kier molecular flexibility index (Phi) is 4.01. The van der Waals surface area contributed by atoms with Gasteiger partial charge in [0.2, 0.25) is 0 Å². The normalized spacial score (nSPS) is 15.8. The molecule has 1 aliphatic carbocycles.